The van der Waals surface area contributed by atoms with Gasteiger partial charge in [-0.2, -0.15) is 4.52 Å². The van der Waals surface area contributed by atoms with E-state index >= 15 is 0 Å². The summed E-state index contributed by atoms with van der Waals surface area (Å²) in [5.41, 5.74) is -1.19. The molecule has 0 saturated carbocycles. The van der Waals surface area contributed by atoms with Gasteiger partial charge in [-0.05, 0) is 6.07 Å². The second kappa shape index (κ2) is 4.12. The number of aromatic nitrogens is 3. The average Bonchev–Trinajstić information content (AvgIpc) is 2.98. The highest BCUT2D eigenvalue weighted by molar-refractivity contribution is 5.77. The van der Waals surface area contributed by atoms with Crippen LogP contribution >= 0.6 is 0 Å². The van der Waals surface area contributed by atoms with Gasteiger partial charge in [-0.3, -0.25) is 20.2 Å². The van der Waals surface area contributed by atoms with Crippen molar-refractivity contribution in [3.8, 4) is 11.5 Å². The predicted molar refractivity (Wildman–Crippen MR) is 64.0 cm³/mol. The van der Waals surface area contributed by atoms with Crippen molar-refractivity contribution in [1.29, 1.82) is 0 Å². The summed E-state index contributed by atoms with van der Waals surface area (Å²) in [6.45, 7) is 0. The summed E-state index contributed by atoms with van der Waals surface area (Å²) in [5.74, 6) is -0.139. The van der Waals surface area contributed by atoms with Gasteiger partial charge in [0.1, 0.15) is 0 Å². The minimum absolute atomic E-state index is 0.0902. The summed E-state index contributed by atoms with van der Waals surface area (Å²) in [6, 6.07) is 3.53. The summed E-state index contributed by atoms with van der Waals surface area (Å²) in [6.07, 6.45) is 2.88. The first-order valence-corrected chi connectivity index (χ1v) is 5.30. The van der Waals surface area contributed by atoms with Crippen LogP contribution in [0.2, 0.25) is 0 Å². The molecule has 0 spiro atoms. The van der Waals surface area contributed by atoms with Crippen LogP contribution in [0.15, 0.2) is 35.0 Å². The molecule has 0 atom stereocenters. The Morgan fingerprint density at radius 3 is 2.35 bits per heavy atom. The van der Waals surface area contributed by atoms with Gasteiger partial charge in [-0.1, -0.05) is 0 Å². The van der Waals surface area contributed by atoms with E-state index in [-0.39, 0.29) is 17.3 Å². The van der Waals surface area contributed by atoms with Crippen molar-refractivity contribution in [3.63, 3.8) is 0 Å². The number of nitrogens with zero attached hydrogens (tertiary/aromatic N) is 5. The standard InChI is InChI=1S/C10H5N5O5/c16-14(17)6-2-1-3-7(15(18)19)8(6)9-12-13-5-4-11-10(13)20-9/h1-5H. The van der Waals surface area contributed by atoms with Crippen LogP contribution in [0.3, 0.4) is 0 Å². The lowest BCUT2D eigenvalue weighted by Crippen LogP contribution is -1.98. The number of fused-ring (bicyclic) bond motifs is 1. The third-order valence-electron chi connectivity index (χ3n) is 2.60. The monoisotopic (exact) mass is 275 g/mol. The van der Waals surface area contributed by atoms with Gasteiger partial charge in [-0.25, -0.2) is 4.98 Å². The smallest absolute Gasteiger partial charge is 0.324 e. The van der Waals surface area contributed by atoms with E-state index in [1.165, 1.54) is 23.0 Å². The molecule has 100 valence electrons. The van der Waals surface area contributed by atoms with E-state index in [1.807, 2.05) is 0 Å². The Kier molecular flexibility index (Phi) is 2.42. The van der Waals surface area contributed by atoms with Crippen LogP contribution in [-0.2, 0) is 0 Å². The zero-order valence-electron chi connectivity index (χ0n) is 9.66. The van der Waals surface area contributed by atoms with Gasteiger partial charge < -0.3 is 4.42 Å². The van der Waals surface area contributed by atoms with Crippen LogP contribution < -0.4 is 0 Å². The topological polar surface area (TPSA) is 130 Å². The summed E-state index contributed by atoms with van der Waals surface area (Å²) < 4.78 is 6.44. The molecule has 0 fully saturated rings. The van der Waals surface area contributed by atoms with Gasteiger partial charge in [0.2, 0.25) is 0 Å². The molecule has 2 heterocycles. The van der Waals surface area contributed by atoms with E-state index in [4.69, 9.17) is 4.42 Å². The zero-order valence-corrected chi connectivity index (χ0v) is 9.66. The molecule has 0 radical (unpaired) electrons. The van der Waals surface area contributed by atoms with Gasteiger partial charge >= 0.3 is 5.84 Å². The zero-order chi connectivity index (χ0) is 14.3. The van der Waals surface area contributed by atoms with Crippen molar-refractivity contribution in [2.24, 2.45) is 0 Å². The summed E-state index contributed by atoms with van der Waals surface area (Å²) >= 11 is 0. The quantitative estimate of drug-likeness (QED) is 0.526. The molecule has 3 aromatic rings. The number of hydrogen-bond donors (Lipinski definition) is 0. The van der Waals surface area contributed by atoms with Crippen molar-refractivity contribution in [1.82, 2.24) is 14.6 Å². The minimum Gasteiger partial charge on any atom is -0.402 e. The molecular weight excluding hydrogens is 270 g/mol. The first-order valence-electron chi connectivity index (χ1n) is 5.30. The number of nitro benzene ring substituents is 2. The largest absolute Gasteiger partial charge is 0.402 e. The number of benzene rings is 1. The highest BCUT2D eigenvalue weighted by Crippen LogP contribution is 2.37. The normalized spacial score (nSPS) is 10.8. The summed E-state index contributed by atoms with van der Waals surface area (Å²) in [7, 11) is 0. The van der Waals surface area contributed by atoms with Crippen molar-refractivity contribution >= 4 is 17.2 Å². The Morgan fingerprint density at radius 1 is 1.15 bits per heavy atom. The van der Waals surface area contributed by atoms with Crippen LogP contribution in [0, 0.1) is 20.2 Å². The molecule has 0 amide bonds. The average molecular weight is 275 g/mol. The summed E-state index contributed by atoms with van der Waals surface area (Å²) in [4.78, 5) is 24.4. The Hall–Kier alpha value is -3.30. The molecule has 0 unspecified atom stereocenters. The molecule has 0 aliphatic carbocycles. The predicted octanol–water partition coefficient (Wildman–Crippen LogP) is 1.81. The highest BCUT2D eigenvalue weighted by Gasteiger charge is 2.30. The van der Waals surface area contributed by atoms with Gasteiger partial charge in [0.15, 0.2) is 5.56 Å². The van der Waals surface area contributed by atoms with E-state index < -0.39 is 21.2 Å². The Morgan fingerprint density at radius 2 is 1.80 bits per heavy atom. The molecule has 10 nitrogen and oxygen atoms in total. The number of rotatable bonds is 3. The first-order chi connectivity index (χ1) is 9.58. The van der Waals surface area contributed by atoms with Crippen molar-refractivity contribution < 1.29 is 14.3 Å². The molecule has 2 aromatic heterocycles. The highest BCUT2D eigenvalue weighted by atomic mass is 16.6. The van der Waals surface area contributed by atoms with Crippen LogP contribution in [0.5, 0.6) is 0 Å². The molecule has 0 saturated heterocycles. The van der Waals surface area contributed by atoms with Gasteiger partial charge in [0.05, 0.1) is 22.2 Å². The second-order valence-electron chi connectivity index (χ2n) is 3.75. The second-order valence-corrected chi connectivity index (χ2v) is 3.75. The van der Waals surface area contributed by atoms with Crippen LogP contribution in [-0.4, -0.2) is 24.4 Å². The maximum atomic E-state index is 11.0. The number of imidazole rings is 1. The maximum absolute atomic E-state index is 11.0. The van der Waals surface area contributed by atoms with E-state index in [1.54, 1.807) is 0 Å². The van der Waals surface area contributed by atoms with Crippen molar-refractivity contribution in [2.45, 2.75) is 0 Å². The van der Waals surface area contributed by atoms with Gasteiger partial charge in [0, 0.05) is 12.1 Å². The molecular formula is C10H5N5O5. The van der Waals surface area contributed by atoms with E-state index in [0.717, 1.165) is 12.1 Å². The summed E-state index contributed by atoms with van der Waals surface area (Å²) in [5, 5.41) is 25.9. The number of nitro groups is 2. The molecule has 0 aliphatic heterocycles. The lowest BCUT2D eigenvalue weighted by Gasteiger charge is -1.99. The number of hydrogen-bond acceptors (Lipinski definition) is 7. The first kappa shape index (κ1) is 11.8. The molecule has 10 heteroatoms. The van der Waals surface area contributed by atoms with E-state index in [9.17, 15) is 20.2 Å². The van der Waals surface area contributed by atoms with E-state index in [0.29, 0.717) is 0 Å². The Bertz CT molecular complexity index is 775. The molecule has 0 bridgehead atoms. The molecule has 20 heavy (non-hydrogen) atoms. The van der Waals surface area contributed by atoms with Gasteiger partial charge in [-0.15, -0.1) is 5.10 Å². The molecule has 0 N–H and O–H groups in total. The van der Waals surface area contributed by atoms with Crippen LogP contribution in [0.4, 0.5) is 11.4 Å². The third kappa shape index (κ3) is 1.67. The fraction of sp³-hybridized carbons (Fsp3) is 0. The lowest BCUT2D eigenvalue weighted by atomic mass is 10.1. The third-order valence-corrected chi connectivity index (χ3v) is 2.60. The molecule has 0 aliphatic rings. The fourth-order valence-corrected chi connectivity index (χ4v) is 1.79. The van der Waals surface area contributed by atoms with Crippen molar-refractivity contribution in [2.75, 3.05) is 0 Å². The SMILES string of the molecule is O=[N+]([O-])c1cccc([N+](=O)[O-])c1-c1nn2ccnc2o1. The van der Waals surface area contributed by atoms with Gasteiger partial charge in [0.25, 0.3) is 17.3 Å². The van der Waals surface area contributed by atoms with Crippen LogP contribution in [0.25, 0.3) is 17.3 Å². The minimum atomic E-state index is -0.727. The Balaban J connectivity index is 2.32. The molecule has 1 aromatic carbocycles. The molecule has 3 rings (SSSR count). The van der Waals surface area contributed by atoms with E-state index in [2.05, 4.69) is 10.1 Å². The fourth-order valence-electron chi connectivity index (χ4n) is 1.79. The maximum Gasteiger partial charge on any atom is 0.324 e. The lowest BCUT2D eigenvalue weighted by molar-refractivity contribution is -0.392. The Labute approximate surface area is 109 Å². The van der Waals surface area contributed by atoms with Crippen LogP contribution in [0.1, 0.15) is 0 Å². The van der Waals surface area contributed by atoms with Crippen molar-refractivity contribution in [3.05, 3.63) is 50.8 Å².